The first-order valence-electron chi connectivity index (χ1n) is 8.32. The predicted molar refractivity (Wildman–Crippen MR) is 91.8 cm³/mol. The maximum Gasteiger partial charge on any atom is 0.235 e. The molecule has 0 aliphatic carbocycles. The van der Waals surface area contributed by atoms with Gasteiger partial charge in [-0.1, -0.05) is 5.16 Å². The fourth-order valence-electron chi connectivity index (χ4n) is 3.15. The van der Waals surface area contributed by atoms with E-state index in [0.717, 1.165) is 10.8 Å². The lowest BCUT2D eigenvalue weighted by Gasteiger charge is -2.19. The minimum absolute atomic E-state index is 0.261. The number of benzene rings is 1. The Morgan fingerprint density at radius 1 is 1.23 bits per heavy atom. The van der Waals surface area contributed by atoms with Gasteiger partial charge in [-0.3, -0.25) is 14.9 Å². The highest BCUT2D eigenvalue weighted by atomic mass is 16.5. The summed E-state index contributed by atoms with van der Waals surface area (Å²) in [6.07, 6.45) is 0.694. The Morgan fingerprint density at radius 3 is 2.92 bits per heavy atom. The van der Waals surface area contributed by atoms with Crippen molar-refractivity contribution in [3.63, 3.8) is 0 Å². The minimum atomic E-state index is -0.517. The van der Waals surface area contributed by atoms with Gasteiger partial charge >= 0.3 is 0 Å². The molecule has 134 valence electrons. The van der Waals surface area contributed by atoms with E-state index in [-0.39, 0.29) is 18.2 Å². The predicted octanol–water partition coefficient (Wildman–Crippen LogP) is 1.92. The molecular formula is C18H17N3O5. The first kappa shape index (κ1) is 16.5. The fourth-order valence-corrected chi connectivity index (χ4v) is 3.15. The van der Waals surface area contributed by atoms with Crippen molar-refractivity contribution >= 4 is 33.7 Å². The van der Waals surface area contributed by atoms with Crippen molar-refractivity contribution in [1.82, 2.24) is 15.5 Å². The Bertz CT molecular complexity index is 997. The number of carbonyl (C=O) groups excluding carboxylic acids is 2. The van der Waals surface area contributed by atoms with E-state index >= 15 is 0 Å². The number of ether oxygens (including phenoxy) is 2. The number of carbonyl (C=O) groups is 2. The van der Waals surface area contributed by atoms with E-state index in [1.54, 1.807) is 19.2 Å². The topological polar surface area (TPSA) is 104 Å². The summed E-state index contributed by atoms with van der Waals surface area (Å²) in [7, 11) is 1.61. The van der Waals surface area contributed by atoms with Crippen molar-refractivity contribution in [1.29, 1.82) is 0 Å². The van der Waals surface area contributed by atoms with Crippen LogP contribution in [-0.2, 0) is 14.3 Å². The first-order valence-corrected chi connectivity index (χ1v) is 8.32. The van der Waals surface area contributed by atoms with Crippen LogP contribution in [0.15, 0.2) is 28.8 Å². The van der Waals surface area contributed by atoms with Crippen LogP contribution >= 0.6 is 0 Å². The number of amides is 2. The van der Waals surface area contributed by atoms with E-state index in [1.165, 1.54) is 0 Å². The van der Waals surface area contributed by atoms with Crippen LogP contribution < -0.4 is 10.1 Å². The van der Waals surface area contributed by atoms with E-state index in [0.29, 0.717) is 42.3 Å². The van der Waals surface area contributed by atoms with Crippen molar-refractivity contribution < 1.29 is 23.6 Å². The molecule has 3 heterocycles. The Labute approximate surface area is 148 Å². The molecule has 1 saturated heterocycles. The number of methoxy groups -OCH3 is 1. The highest BCUT2D eigenvalue weighted by molar-refractivity contribution is 6.09. The first-order chi connectivity index (χ1) is 12.7. The fraction of sp³-hybridized carbons (Fsp3) is 0.333. The van der Waals surface area contributed by atoms with Gasteiger partial charge in [-0.2, -0.15) is 0 Å². The van der Waals surface area contributed by atoms with Crippen LogP contribution in [0.3, 0.4) is 0 Å². The standard InChI is InChI=1S/C18H17N3O5/c1-24-8-9-25-15-7-3-10-12(19-15)4-5-13-16(10)17(21-26-13)11-2-6-14(22)20-18(11)23/h3-5,7,11H,2,6,8-9H2,1H3,(H,20,22,23)/t11-/m1/s1. The molecule has 26 heavy (non-hydrogen) atoms. The Kier molecular flexibility index (Phi) is 4.26. The quantitative estimate of drug-likeness (QED) is 0.551. The molecule has 1 aliphatic heterocycles. The zero-order chi connectivity index (χ0) is 18.1. The molecule has 0 radical (unpaired) electrons. The summed E-state index contributed by atoms with van der Waals surface area (Å²) in [4.78, 5) is 28.1. The number of pyridine rings is 1. The summed E-state index contributed by atoms with van der Waals surface area (Å²) in [6, 6.07) is 7.23. The molecule has 1 aliphatic rings. The Hall–Kier alpha value is -3.00. The molecule has 2 aromatic heterocycles. The molecule has 1 N–H and O–H groups in total. The van der Waals surface area contributed by atoms with Gasteiger partial charge in [0.15, 0.2) is 5.58 Å². The number of imide groups is 1. The maximum atomic E-state index is 12.2. The van der Waals surface area contributed by atoms with E-state index in [4.69, 9.17) is 14.0 Å². The monoisotopic (exact) mass is 355 g/mol. The van der Waals surface area contributed by atoms with Gasteiger partial charge < -0.3 is 14.0 Å². The average Bonchev–Trinajstić information content (AvgIpc) is 3.06. The van der Waals surface area contributed by atoms with Crippen LogP contribution in [0.4, 0.5) is 0 Å². The average molecular weight is 355 g/mol. The molecule has 0 bridgehead atoms. The molecule has 4 rings (SSSR count). The van der Waals surface area contributed by atoms with Gasteiger partial charge in [0.25, 0.3) is 0 Å². The lowest BCUT2D eigenvalue weighted by molar-refractivity contribution is -0.134. The number of piperidine rings is 1. The lowest BCUT2D eigenvalue weighted by Crippen LogP contribution is -2.39. The second kappa shape index (κ2) is 6.72. The van der Waals surface area contributed by atoms with Crippen LogP contribution in [0.2, 0.25) is 0 Å². The molecule has 0 unspecified atom stereocenters. The molecule has 1 atom stereocenters. The summed E-state index contributed by atoms with van der Waals surface area (Å²) in [6.45, 7) is 0.885. The van der Waals surface area contributed by atoms with Gasteiger partial charge in [-0.15, -0.1) is 0 Å². The largest absolute Gasteiger partial charge is 0.475 e. The van der Waals surface area contributed by atoms with Crippen molar-refractivity contribution in [3.05, 3.63) is 30.0 Å². The van der Waals surface area contributed by atoms with E-state index in [2.05, 4.69) is 15.5 Å². The number of fused-ring (bicyclic) bond motifs is 3. The molecule has 1 aromatic carbocycles. The van der Waals surface area contributed by atoms with Crippen LogP contribution in [0.25, 0.3) is 21.9 Å². The van der Waals surface area contributed by atoms with Crippen molar-refractivity contribution in [2.24, 2.45) is 0 Å². The normalized spacial score (nSPS) is 17.7. The summed E-state index contributed by atoms with van der Waals surface area (Å²) in [5.41, 5.74) is 1.82. The Balaban J connectivity index is 1.75. The molecule has 2 amide bonds. The summed E-state index contributed by atoms with van der Waals surface area (Å²) in [5.74, 6) is -0.630. The third kappa shape index (κ3) is 2.88. The highest BCUT2D eigenvalue weighted by Crippen LogP contribution is 2.35. The van der Waals surface area contributed by atoms with Crippen LogP contribution in [0.5, 0.6) is 5.88 Å². The molecule has 0 saturated carbocycles. The zero-order valence-corrected chi connectivity index (χ0v) is 14.2. The number of hydrogen-bond donors (Lipinski definition) is 1. The minimum Gasteiger partial charge on any atom is -0.475 e. The van der Waals surface area contributed by atoms with Gasteiger partial charge in [0, 0.05) is 25.0 Å². The number of nitrogens with one attached hydrogen (secondary N) is 1. The van der Waals surface area contributed by atoms with Gasteiger partial charge in [-0.25, -0.2) is 4.98 Å². The summed E-state index contributed by atoms with van der Waals surface area (Å²) < 4.78 is 15.9. The zero-order valence-electron chi connectivity index (χ0n) is 14.2. The number of aromatic nitrogens is 2. The number of rotatable bonds is 5. The maximum absolute atomic E-state index is 12.2. The van der Waals surface area contributed by atoms with Crippen LogP contribution in [0, 0.1) is 0 Å². The smallest absolute Gasteiger partial charge is 0.235 e. The number of hydrogen-bond acceptors (Lipinski definition) is 7. The third-order valence-corrected chi connectivity index (χ3v) is 4.41. The summed E-state index contributed by atoms with van der Waals surface area (Å²) in [5, 5.41) is 8.03. The summed E-state index contributed by atoms with van der Waals surface area (Å²) >= 11 is 0. The van der Waals surface area contributed by atoms with E-state index in [1.807, 2.05) is 12.1 Å². The lowest BCUT2D eigenvalue weighted by atomic mass is 9.92. The van der Waals surface area contributed by atoms with E-state index in [9.17, 15) is 9.59 Å². The van der Waals surface area contributed by atoms with Gasteiger partial charge in [0.05, 0.1) is 23.4 Å². The third-order valence-electron chi connectivity index (χ3n) is 4.41. The molecule has 8 nitrogen and oxygen atoms in total. The molecule has 1 fully saturated rings. The molecule has 8 heteroatoms. The van der Waals surface area contributed by atoms with Crippen molar-refractivity contribution in [3.8, 4) is 5.88 Å². The Morgan fingerprint density at radius 2 is 2.12 bits per heavy atom. The second-order valence-corrected chi connectivity index (χ2v) is 6.07. The molecular weight excluding hydrogens is 338 g/mol. The van der Waals surface area contributed by atoms with Crippen LogP contribution in [0.1, 0.15) is 24.5 Å². The van der Waals surface area contributed by atoms with Gasteiger partial charge in [0.1, 0.15) is 12.3 Å². The van der Waals surface area contributed by atoms with Crippen molar-refractivity contribution in [2.75, 3.05) is 20.3 Å². The second-order valence-electron chi connectivity index (χ2n) is 6.07. The molecule has 3 aromatic rings. The number of nitrogens with zero attached hydrogens (tertiary/aromatic N) is 2. The van der Waals surface area contributed by atoms with Gasteiger partial charge in [0.2, 0.25) is 17.7 Å². The van der Waals surface area contributed by atoms with Crippen molar-refractivity contribution in [2.45, 2.75) is 18.8 Å². The molecule has 0 spiro atoms. The SMILES string of the molecule is COCCOc1ccc2c(ccc3onc([C@H]4CCC(=O)NC4=O)c32)n1. The van der Waals surface area contributed by atoms with Gasteiger partial charge in [-0.05, 0) is 24.6 Å². The van der Waals surface area contributed by atoms with Crippen LogP contribution in [-0.4, -0.2) is 42.3 Å². The highest BCUT2D eigenvalue weighted by Gasteiger charge is 2.32. The van der Waals surface area contributed by atoms with E-state index < -0.39 is 5.92 Å².